The molecule has 1 fully saturated rings. The summed E-state index contributed by atoms with van der Waals surface area (Å²) in [6.45, 7) is -0.221. The number of imidazole rings is 1. The smallest absolute Gasteiger partial charge is 0.337 e. The number of rotatable bonds is 7. The maximum Gasteiger partial charge on any atom is 0.337 e. The second kappa shape index (κ2) is 9.44. The summed E-state index contributed by atoms with van der Waals surface area (Å²) < 4.78 is 28.6. The monoisotopic (exact) mass is 492 g/mol. The molecule has 186 valence electrons. The zero-order valence-electron chi connectivity index (χ0n) is 19.9. The van der Waals surface area contributed by atoms with Crippen molar-refractivity contribution in [2.45, 2.75) is 38.3 Å². The maximum absolute atomic E-state index is 14.1. The van der Waals surface area contributed by atoms with Crippen LogP contribution < -0.4 is 20.7 Å². The van der Waals surface area contributed by atoms with Crippen molar-refractivity contribution in [2.24, 2.45) is 0 Å². The van der Waals surface area contributed by atoms with Gasteiger partial charge in [0, 0.05) is 6.04 Å². The van der Waals surface area contributed by atoms with E-state index in [1.54, 1.807) is 24.3 Å². The molecule has 10 heteroatoms. The van der Waals surface area contributed by atoms with E-state index in [1.165, 1.54) is 52.4 Å². The standard InChI is InChI=1S/C26H25FN4O5/c1-35-19-10-11-22(36-2)20(13-19)21(32)14-29-15-28-24-23(29)25(33)31(17-7-3-4-8-17)26(34)30(24)18-9-5-6-16(27)12-18/h5-6,9-13,15,17H,3-4,7-8,14H2,1-2H3. The van der Waals surface area contributed by atoms with Gasteiger partial charge in [-0.25, -0.2) is 18.7 Å². The Hall–Kier alpha value is -4.21. The van der Waals surface area contributed by atoms with Crippen LogP contribution in [-0.2, 0) is 6.54 Å². The molecule has 2 aromatic carbocycles. The van der Waals surface area contributed by atoms with Gasteiger partial charge in [-0.15, -0.1) is 0 Å². The van der Waals surface area contributed by atoms with Crippen molar-refractivity contribution in [3.8, 4) is 17.2 Å². The number of ether oxygens (including phenoxy) is 2. The Morgan fingerprint density at radius 3 is 2.56 bits per heavy atom. The molecule has 5 rings (SSSR count). The first-order valence-corrected chi connectivity index (χ1v) is 11.7. The lowest BCUT2D eigenvalue weighted by Crippen LogP contribution is -2.42. The van der Waals surface area contributed by atoms with Crippen LogP contribution >= 0.6 is 0 Å². The second-order valence-corrected chi connectivity index (χ2v) is 8.75. The molecule has 0 bridgehead atoms. The van der Waals surface area contributed by atoms with Crippen LogP contribution in [0, 0.1) is 5.82 Å². The first-order valence-electron chi connectivity index (χ1n) is 11.7. The maximum atomic E-state index is 14.1. The molecule has 0 saturated heterocycles. The zero-order valence-corrected chi connectivity index (χ0v) is 19.9. The summed E-state index contributed by atoms with van der Waals surface area (Å²) in [5, 5.41) is 0. The van der Waals surface area contributed by atoms with Crippen LogP contribution in [0.1, 0.15) is 42.1 Å². The van der Waals surface area contributed by atoms with Crippen LogP contribution in [0.5, 0.6) is 11.5 Å². The average molecular weight is 493 g/mol. The summed E-state index contributed by atoms with van der Waals surface area (Å²) in [4.78, 5) is 44.9. The van der Waals surface area contributed by atoms with E-state index in [-0.39, 0.29) is 40.8 Å². The number of hydrogen-bond donors (Lipinski definition) is 0. The number of Topliss-reactive ketones (excluding diaryl/α,β-unsaturated/α-hetero) is 1. The third-order valence-corrected chi connectivity index (χ3v) is 6.63. The van der Waals surface area contributed by atoms with E-state index in [9.17, 15) is 18.8 Å². The van der Waals surface area contributed by atoms with Gasteiger partial charge >= 0.3 is 5.69 Å². The molecule has 1 aliphatic rings. The second-order valence-electron chi connectivity index (χ2n) is 8.75. The lowest BCUT2D eigenvalue weighted by molar-refractivity contribution is 0.0970. The van der Waals surface area contributed by atoms with E-state index in [0.29, 0.717) is 24.3 Å². The lowest BCUT2D eigenvalue weighted by atomic mass is 10.1. The van der Waals surface area contributed by atoms with Crippen molar-refractivity contribution in [1.82, 2.24) is 18.7 Å². The van der Waals surface area contributed by atoms with Crippen LogP contribution in [0.2, 0.25) is 0 Å². The zero-order chi connectivity index (χ0) is 25.4. The Morgan fingerprint density at radius 2 is 1.86 bits per heavy atom. The van der Waals surface area contributed by atoms with Crippen LogP contribution in [0.3, 0.4) is 0 Å². The van der Waals surface area contributed by atoms with E-state index in [4.69, 9.17) is 9.47 Å². The fourth-order valence-corrected chi connectivity index (χ4v) is 4.88. The predicted octanol–water partition coefficient (Wildman–Crippen LogP) is 3.50. The SMILES string of the molecule is COc1ccc(OC)c(C(=O)Cn2cnc3c2c(=O)n(C2CCCC2)c(=O)n3-c2cccc(F)c2)c1. The number of methoxy groups -OCH3 is 2. The first-order chi connectivity index (χ1) is 17.4. The molecule has 0 spiro atoms. The van der Waals surface area contributed by atoms with Crippen molar-refractivity contribution in [3.05, 3.63) is 81.0 Å². The predicted molar refractivity (Wildman–Crippen MR) is 131 cm³/mol. The number of ketones is 1. The summed E-state index contributed by atoms with van der Waals surface area (Å²) in [7, 11) is 2.96. The molecule has 9 nitrogen and oxygen atoms in total. The first kappa shape index (κ1) is 23.5. The molecule has 1 aliphatic carbocycles. The highest BCUT2D eigenvalue weighted by Crippen LogP contribution is 2.28. The lowest BCUT2D eigenvalue weighted by Gasteiger charge is -2.17. The number of nitrogens with zero attached hydrogens (tertiary/aromatic N) is 4. The van der Waals surface area contributed by atoms with Gasteiger partial charge < -0.3 is 14.0 Å². The summed E-state index contributed by atoms with van der Waals surface area (Å²) in [5.74, 6) is -0.00491. The molecule has 36 heavy (non-hydrogen) atoms. The highest BCUT2D eigenvalue weighted by molar-refractivity contribution is 5.99. The average Bonchev–Trinajstić information content (AvgIpc) is 3.54. The minimum atomic E-state index is -0.573. The summed E-state index contributed by atoms with van der Waals surface area (Å²) in [5.41, 5.74) is -0.388. The van der Waals surface area contributed by atoms with Crippen LogP contribution in [0.4, 0.5) is 4.39 Å². The van der Waals surface area contributed by atoms with E-state index in [2.05, 4.69) is 4.98 Å². The van der Waals surface area contributed by atoms with Gasteiger partial charge in [-0.1, -0.05) is 18.9 Å². The summed E-state index contributed by atoms with van der Waals surface area (Å²) >= 11 is 0. The minimum absolute atomic E-state index is 0.0651. The van der Waals surface area contributed by atoms with Gasteiger partial charge in [0.15, 0.2) is 16.9 Å². The number of fused-ring (bicyclic) bond motifs is 1. The van der Waals surface area contributed by atoms with Crippen LogP contribution in [0.15, 0.2) is 58.4 Å². The third-order valence-electron chi connectivity index (χ3n) is 6.63. The molecule has 1 saturated carbocycles. The topological polar surface area (TPSA) is 97.3 Å². The normalized spacial score (nSPS) is 13.9. The Bertz CT molecular complexity index is 1580. The number of benzene rings is 2. The molecule has 2 aromatic heterocycles. The fourth-order valence-electron chi connectivity index (χ4n) is 4.88. The van der Waals surface area contributed by atoms with E-state index < -0.39 is 17.1 Å². The molecular formula is C26H25FN4O5. The van der Waals surface area contributed by atoms with Gasteiger partial charge in [-0.2, -0.15) is 0 Å². The fraction of sp³-hybridized carbons (Fsp3) is 0.308. The van der Waals surface area contributed by atoms with E-state index in [0.717, 1.165) is 12.8 Å². The molecule has 0 radical (unpaired) electrons. The number of aromatic nitrogens is 4. The third kappa shape index (κ3) is 3.98. The van der Waals surface area contributed by atoms with Crippen molar-refractivity contribution in [1.29, 1.82) is 0 Å². The highest BCUT2D eigenvalue weighted by Gasteiger charge is 2.27. The van der Waals surface area contributed by atoms with E-state index in [1.807, 2.05) is 0 Å². The minimum Gasteiger partial charge on any atom is -0.497 e. The van der Waals surface area contributed by atoms with Crippen LogP contribution in [0.25, 0.3) is 16.9 Å². The van der Waals surface area contributed by atoms with Gasteiger partial charge in [0.05, 0.1) is 38.3 Å². The van der Waals surface area contributed by atoms with E-state index >= 15 is 0 Å². The number of carbonyl (C=O) groups excluding carboxylic acids is 1. The molecule has 0 aliphatic heterocycles. The van der Waals surface area contributed by atoms with Crippen molar-refractivity contribution < 1.29 is 18.7 Å². The van der Waals surface area contributed by atoms with Crippen molar-refractivity contribution in [2.75, 3.05) is 14.2 Å². The molecule has 0 unspecified atom stereocenters. The Labute approximate surface area is 205 Å². The molecular weight excluding hydrogens is 467 g/mol. The summed E-state index contributed by atoms with van der Waals surface area (Å²) in [6, 6.07) is 10.2. The Kier molecular flexibility index (Phi) is 6.17. The molecule has 0 atom stereocenters. The van der Waals surface area contributed by atoms with Crippen molar-refractivity contribution >= 4 is 16.9 Å². The van der Waals surface area contributed by atoms with Gasteiger partial charge in [0.25, 0.3) is 5.56 Å². The summed E-state index contributed by atoms with van der Waals surface area (Å²) in [6.07, 6.45) is 4.55. The highest BCUT2D eigenvalue weighted by atomic mass is 19.1. The van der Waals surface area contributed by atoms with Crippen molar-refractivity contribution in [3.63, 3.8) is 0 Å². The molecule has 0 N–H and O–H groups in total. The largest absolute Gasteiger partial charge is 0.497 e. The number of halogens is 1. The molecule has 4 aromatic rings. The Morgan fingerprint density at radius 1 is 1.08 bits per heavy atom. The van der Waals surface area contributed by atoms with Crippen LogP contribution in [-0.4, -0.2) is 38.7 Å². The number of carbonyl (C=O) groups is 1. The quantitative estimate of drug-likeness (QED) is 0.367. The number of hydrogen-bond acceptors (Lipinski definition) is 6. The Balaban J connectivity index is 1.70. The van der Waals surface area contributed by atoms with Gasteiger partial charge in [-0.05, 0) is 49.2 Å². The molecule has 0 amide bonds. The van der Waals surface area contributed by atoms with Gasteiger partial charge in [-0.3, -0.25) is 14.2 Å². The van der Waals surface area contributed by atoms with Gasteiger partial charge in [0.2, 0.25) is 0 Å². The molecule has 2 heterocycles. The van der Waals surface area contributed by atoms with Gasteiger partial charge in [0.1, 0.15) is 17.3 Å².